The highest BCUT2D eigenvalue weighted by Crippen LogP contribution is 2.28. The third-order valence-corrected chi connectivity index (χ3v) is 2.91. The van der Waals surface area contributed by atoms with Crippen molar-refractivity contribution in [2.24, 2.45) is 0 Å². The van der Waals surface area contributed by atoms with Crippen LogP contribution in [0.5, 0.6) is 0 Å². The Labute approximate surface area is 70.5 Å². The van der Waals surface area contributed by atoms with E-state index < -0.39 is 0 Å². The molecule has 0 radical (unpaired) electrons. The average Bonchev–Trinajstić information content (AvgIpc) is 1.89. The summed E-state index contributed by atoms with van der Waals surface area (Å²) in [6.07, 6.45) is 5.05. The Balaban J connectivity index is 3.88. The Hall–Kier alpha value is -0.0400. The Bertz CT molecular complexity index is 163. The average molecular weight is 174 g/mol. The van der Waals surface area contributed by atoms with E-state index in [0.717, 1.165) is 21.9 Å². The van der Waals surface area contributed by atoms with Gasteiger partial charge in [0.05, 0.1) is 9.99 Å². The lowest BCUT2D eigenvalue weighted by atomic mass is 10.4. The molecular formula is C7H10OS2. The van der Waals surface area contributed by atoms with E-state index in [-0.39, 0.29) is 0 Å². The largest absolute Gasteiger partial charge is 0.325 e. The molecule has 0 aromatic rings. The van der Waals surface area contributed by atoms with Crippen LogP contribution in [-0.2, 0) is 0 Å². The van der Waals surface area contributed by atoms with Crippen molar-refractivity contribution in [2.45, 2.75) is 13.8 Å². The maximum atomic E-state index is 8.69. The fourth-order valence-electron chi connectivity index (χ4n) is 0.369. The van der Waals surface area contributed by atoms with E-state index in [1.165, 1.54) is 11.8 Å². The number of rotatable bonds is 3. The van der Waals surface area contributed by atoms with Crippen molar-refractivity contribution in [1.29, 1.82) is 0 Å². The topological polar surface area (TPSA) is 20.2 Å². The third kappa shape index (κ3) is 3.89. The molecule has 1 N–H and O–H groups in total. The molecule has 0 saturated heterocycles. The van der Waals surface area contributed by atoms with Crippen molar-refractivity contribution in [3.63, 3.8) is 0 Å². The third-order valence-electron chi connectivity index (χ3n) is 0.778. The van der Waals surface area contributed by atoms with E-state index in [4.69, 9.17) is 11.0 Å². The van der Waals surface area contributed by atoms with Crippen LogP contribution in [0.2, 0.25) is 0 Å². The summed E-state index contributed by atoms with van der Waals surface area (Å²) in [5.41, 5.74) is 1.10. The lowest BCUT2D eigenvalue weighted by Crippen LogP contribution is -1.76. The van der Waals surface area contributed by atoms with Gasteiger partial charge in [0.25, 0.3) is 0 Å². The fraction of sp³-hybridized carbons (Fsp3) is 0.429. The van der Waals surface area contributed by atoms with Crippen molar-refractivity contribution in [2.75, 3.05) is 5.75 Å². The zero-order valence-electron chi connectivity index (χ0n) is 6.05. The second kappa shape index (κ2) is 5.72. The minimum absolute atomic E-state index is 0.619. The molecule has 0 atom stereocenters. The van der Waals surface area contributed by atoms with E-state index in [1.807, 2.05) is 13.8 Å². The monoisotopic (exact) mass is 174 g/mol. The molecule has 0 rings (SSSR count). The first kappa shape index (κ1) is 9.96. The number of terminal acetylenes is 1. The zero-order chi connectivity index (χ0) is 7.98. The van der Waals surface area contributed by atoms with Gasteiger partial charge in [0.1, 0.15) is 0 Å². The quantitative estimate of drug-likeness (QED) is 0.525. The van der Waals surface area contributed by atoms with Crippen molar-refractivity contribution < 1.29 is 4.55 Å². The predicted octanol–water partition coefficient (Wildman–Crippen LogP) is 2.81. The van der Waals surface area contributed by atoms with Crippen LogP contribution in [0.15, 0.2) is 9.81 Å². The van der Waals surface area contributed by atoms with Gasteiger partial charge in [0.15, 0.2) is 0 Å². The van der Waals surface area contributed by atoms with Gasteiger partial charge in [-0.05, 0) is 13.8 Å². The maximum Gasteiger partial charge on any atom is 0.0674 e. The summed E-state index contributed by atoms with van der Waals surface area (Å²) in [7, 11) is 0. The predicted molar refractivity (Wildman–Crippen MR) is 49.9 cm³/mol. The van der Waals surface area contributed by atoms with Gasteiger partial charge in [-0.25, -0.2) is 0 Å². The number of hydrogen-bond acceptors (Lipinski definition) is 3. The molecule has 0 unspecified atom stereocenters. The molecule has 0 aromatic heterocycles. The number of allylic oxidation sites excluding steroid dienone is 1. The summed E-state index contributed by atoms with van der Waals surface area (Å²) in [5.74, 6) is 3.11. The molecule has 0 spiro atoms. The first-order valence-electron chi connectivity index (χ1n) is 2.77. The van der Waals surface area contributed by atoms with Crippen LogP contribution in [0.25, 0.3) is 0 Å². The fourth-order valence-corrected chi connectivity index (χ4v) is 1.44. The first-order chi connectivity index (χ1) is 4.72. The van der Waals surface area contributed by atoms with Crippen molar-refractivity contribution in [1.82, 2.24) is 0 Å². The minimum Gasteiger partial charge on any atom is -0.325 e. The SMILES string of the molecule is C#CCSC(SO)=C(C)C. The van der Waals surface area contributed by atoms with Gasteiger partial charge in [-0.3, -0.25) is 0 Å². The molecule has 0 fully saturated rings. The lowest BCUT2D eigenvalue weighted by molar-refractivity contribution is 0.670. The second-order valence-corrected chi connectivity index (χ2v) is 3.71. The summed E-state index contributed by atoms with van der Waals surface area (Å²) >= 11 is 2.25. The molecule has 0 aliphatic heterocycles. The molecule has 10 heavy (non-hydrogen) atoms. The highest BCUT2D eigenvalue weighted by atomic mass is 32.2. The van der Waals surface area contributed by atoms with Crippen LogP contribution in [0.4, 0.5) is 0 Å². The van der Waals surface area contributed by atoms with E-state index in [9.17, 15) is 0 Å². The summed E-state index contributed by atoms with van der Waals surface area (Å²) in [4.78, 5) is 0. The van der Waals surface area contributed by atoms with E-state index >= 15 is 0 Å². The molecule has 0 aromatic carbocycles. The number of thioether (sulfide) groups is 1. The zero-order valence-corrected chi connectivity index (χ0v) is 7.68. The molecule has 56 valence electrons. The van der Waals surface area contributed by atoms with Crippen LogP contribution in [-0.4, -0.2) is 10.3 Å². The van der Waals surface area contributed by atoms with Crippen molar-refractivity contribution in [3.05, 3.63) is 9.81 Å². The Morgan fingerprint density at radius 2 is 2.20 bits per heavy atom. The Morgan fingerprint density at radius 3 is 2.50 bits per heavy atom. The van der Waals surface area contributed by atoms with Gasteiger partial charge in [-0.2, -0.15) is 0 Å². The van der Waals surface area contributed by atoms with Crippen molar-refractivity contribution >= 4 is 23.8 Å². The molecule has 1 nitrogen and oxygen atoms in total. The second-order valence-electron chi connectivity index (χ2n) is 1.87. The van der Waals surface area contributed by atoms with Crippen LogP contribution in [0, 0.1) is 12.3 Å². The highest BCUT2D eigenvalue weighted by Gasteiger charge is 1.97. The molecular weight excluding hydrogens is 164 g/mol. The lowest BCUT2D eigenvalue weighted by Gasteiger charge is -2.00. The summed E-state index contributed by atoms with van der Waals surface area (Å²) in [5, 5.41) is 0. The Kier molecular flexibility index (Phi) is 5.70. The van der Waals surface area contributed by atoms with Gasteiger partial charge in [0.2, 0.25) is 0 Å². The maximum absolute atomic E-state index is 8.69. The molecule has 0 heterocycles. The molecule has 0 aliphatic rings. The summed E-state index contributed by atoms with van der Waals surface area (Å²) < 4.78 is 9.59. The molecule has 0 bridgehead atoms. The van der Waals surface area contributed by atoms with Crippen LogP contribution in [0.3, 0.4) is 0 Å². The smallest absolute Gasteiger partial charge is 0.0674 e. The van der Waals surface area contributed by atoms with E-state index in [2.05, 4.69) is 5.92 Å². The van der Waals surface area contributed by atoms with Crippen molar-refractivity contribution in [3.8, 4) is 12.3 Å². The van der Waals surface area contributed by atoms with Crippen LogP contribution < -0.4 is 0 Å². The highest BCUT2D eigenvalue weighted by molar-refractivity contribution is 8.20. The Morgan fingerprint density at radius 1 is 1.60 bits per heavy atom. The van der Waals surface area contributed by atoms with Gasteiger partial charge < -0.3 is 4.55 Å². The number of hydrogen-bond donors (Lipinski definition) is 1. The van der Waals surface area contributed by atoms with Crippen LogP contribution in [0.1, 0.15) is 13.8 Å². The molecule has 0 saturated carbocycles. The summed E-state index contributed by atoms with van der Waals surface area (Å²) in [6, 6.07) is 0. The minimum atomic E-state index is 0.619. The first-order valence-corrected chi connectivity index (χ1v) is 4.53. The molecule has 0 aliphatic carbocycles. The normalized spacial score (nSPS) is 8.60. The molecule has 0 amide bonds. The standard InChI is InChI=1S/C7H10OS2/c1-4-5-9-7(10-8)6(2)3/h1,8H,5H2,2-3H3. The van der Waals surface area contributed by atoms with Gasteiger partial charge in [-0.15, -0.1) is 18.2 Å². The van der Waals surface area contributed by atoms with E-state index in [1.54, 1.807) is 0 Å². The van der Waals surface area contributed by atoms with E-state index in [0.29, 0.717) is 5.75 Å². The molecule has 3 heteroatoms. The van der Waals surface area contributed by atoms with Gasteiger partial charge in [-0.1, -0.05) is 11.5 Å². The van der Waals surface area contributed by atoms with Gasteiger partial charge >= 0.3 is 0 Å². The van der Waals surface area contributed by atoms with Crippen LogP contribution >= 0.6 is 23.8 Å². The summed E-state index contributed by atoms with van der Waals surface area (Å²) in [6.45, 7) is 3.89. The van der Waals surface area contributed by atoms with Gasteiger partial charge in [0, 0.05) is 12.0 Å².